The van der Waals surface area contributed by atoms with Gasteiger partial charge in [-0.25, -0.2) is 4.79 Å². The number of benzene rings is 2. The Kier molecular flexibility index (Phi) is 8.06. The lowest BCUT2D eigenvalue weighted by Gasteiger charge is -2.37. The number of nitrogens with zero attached hydrogens (tertiary/aromatic N) is 1. The SMILES string of the molecule is C=PC[C@H](Oc1cccs1)C(=O)N1Cc2ccc(OC)c(OCc3ccccc3)c2C[C@@H]1C(=O)O. The van der Waals surface area contributed by atoms with Crippen LogP contribution in [0.25, 0.3) is 0 Å². The van der Waals surface area contributed by atoms with E-state index in [1.807, 2.05) is 47.8 Å². The Hall–Kier alpha value is -3.35. The molecule has 0 fully saturated rings. The smallest absolute Gasteiger partial charge is 0.326 e. The Balaban J connectivity index is 1.63. The number of hydrogen-bond acceptors (Lipinski definition) is 6. The lowest BCUT2D eigenvalue weighted by molar-refractivity contribution is -0.154. The van der Waals surface area contributed by atoms with Crippen molar-refractivity contribution < 1.29 is 28.9 Å². The number of ether oxygens (including phenoxy) is 3. The summed E-state index contributed by atoms with van der Waals surface area (Å²) in [4.78, 5) is 27.2. The molecule has 0 aliphatic carbocycles. The Morgan fingerprint density at radius 2 is 2.00 bits per heavy atom. The van der Waals surface area contributed by atoms with Gasteiger partial charge < -0.3 is 24.2 Å². The van der Waals surface area contributed by atoms with Crippen LogP contribution in [0.5, 0.6) is 16.6 Å². The number of carbonyl (C=O) groups is 2. The molecule has 1 amide bonds. The van der Waals surface area contributed by atoms with Crippen molar-refractivity contribution in [1.29, 1.82) is 0 Å². The molecule has 9 heteroatoms. The maximum absolute atomic E-state index is 13.5. The number of hydrogen-bond donors (Lipinski definition) is 1. The number of carboxylic acid groups (broad SMARTS) is 1. The second-order valence-corrected chi connectivity index (χ2v) is 9.70. The van der Waals surface area contributed by atoms with Crippen molar-refractivity contribution >= 4 is 37.7 Å². The van der Waals surface area contributed by atoms with Crippen molar-refractivity contribution in [1.82, 2.24) is 4.90 Å². The van der Waals surface area contributed by atoms with E-state index in [4.69, 9.17) is 14.2 Å². The first-order chi connectivity index (χ1) is 17.0. The van der Waals surface area contributed by atoms with Crippen LogP contribution in [-0.2, 0) is 29.2 Å². The molecule has 4 rings (SSSR count). The zero-order valence-electron chi connectivity index (χ0n) is 19.3. The summed E-state index contributed by atoms with van der Waals surface area (Å²) in [5.41, 5.74) is 2.54. The second-order valence-electron chi connectivity index (χ2n) is 7.98. The van der Waals surface area contributed by atoms with Crippen molar-refractivity contribution in [3.05, 3.63) is 76.7 Å². The number of rotatable bonds is 10. The minimum Gasteiger partial charge on any atom is -0.493 e. The predicted molar refractivity (Wildman–Crippen MR) is 137 cm³/mol. The van der Waals surface area contributed by atoms with Crippen molar-refractivity contribution in [2.45, 2.75) is 31.7 Å². The third kappa shape index (κ3) is 5.66. The van der Waals surface area contributed by atoms with Gasteiger partial charge in [-0.3, -0.25) is 4.79 Å². The fraction of sp³-hybridized carbons (Fsp3) is 0.269. The summed E-state index contributed by atoms with van der Waals surface area (Å²) in [6.45, 7) is 0.447. The molecule has 35 heavy (non-hydrogen) atoms. The number of methoxy groups -OCH3 is 1. The van der Waals surface area contributed by atoms with Crippen molar-refractivity contribution in [2.75, 3.05) is 13.3 Å². The molecule has 1 aromatic heterocycles. The van der Waals surface area contributed by atoms with Gasteiger partial charge in [-0.1, -0.05) is 42.7 Å². The standard InChI is InChI=1S/C26H26NO6PS/c1-31-21-11-10-18-14-27(25(28)22(16-34-2)33-23-9-6-12-35-23)20(26(29)30)13-19(18)24(21)32-15-17-7-4-3-5-8-17/h3-12,20,22H,2,13-16H2,1H3,(H,29,30)/t20-,22+/m1/s1. The van der Waals surface area contributed by atoms with Gasteiger partial charge in [-0.05, 0) is 34.7 Å². The van der Waals surface area contributed by atoms with Crippen LogP contribution in [0.1, 0.15) is 16.7 Å². The predicted octanol–water partition coefficient (Wildman–Crippen LogP) is 4.50. The number of fused-ring (bicyclic) bond motifs is 1. The monoisotopic (exact) mass is 511 g/mol. The van der Waals surface area contributed by atoms with E-state index in [0.29, 0.717) is 29.3 Å². The van der Waals surface area contributed by atoms with Gasteiger partial charge in [0.15, 0.2) is 22.7 Å². The van der Waals surface area contributed by atoms with Crippen LogP contribution in [0.4, 0.5) is 0 Å². The maximum atomic E-state index is 13.5. The summed E-state index contributed by atoms with van der Waals surface area (Å²) in [7, 11) is 2.28. The maximum Gasteiger partial charge on any atom is 0.326 e. The molecule has 0 saturated heterocycles. The molecule has 2 heterocycles. The first kappa shape index (κ1) is 24.8. The Labute approximate surface area is 209 Å². The largest absolute Gasteiger partial charge is 0.493 e. The van der Waals surface area contributed by atoms with Gasteiger partial charge in [0, 0.05) is 24.7 Å². The van der Waals surface area contributed by atoms with E-state index in [1.165, 1.54) is 16.2 Å². The summed E-state index contributed by atoms with van der Waals surface area (Å²) < 4.78 is 17.6. The lowest BCUT2D eigenvalue weighted by atomic mass is 9.92. The van der Waals surface area contributed by atoms with Gasteiger partial charge >= 0.3 is 5.97 Å². The molecule has 0 radical (unpaired) electrons. The van der Waals surface area contributed by atoms with E-state index >= 15 is 0 Å². The molecule has 0 bridgehead atoms. The fourth-order valence-electron chi connectivity index (χ4n) is 4.06. The number of carboxylic acids is 1. The summed E-state index contributed by atoms with van der Waals surface area (Å²) in [5.74, 6) is -0.411. The molecular weight excluding hydrogens is 485 g/mol. The minimum absolute atomic E-state index is 0.103. The van der Waals surface area contributed by atoms with Gasteiger partial charge in [-0.2, -0.15) is 0 Å². The van der Waals surface area contributed by atoms with Gasteiger partial charge in [0.05, 0.1) is 7.11 Å². The summed E-state index contributed by atoms with van der Waals surface area (Å²) >= 11 is 1.38. The van der Waals surface area contributed by atoms with Crippen LogP contribution in [0, 0.1) is 0 Å². The highest BCUT2D eigenvalue weighted by molar-refractivity contribution is 7.36. The number of aliphatic carboxylic acids is 1. The van der Waals surface area contributed by atoms with Crippen molar-refractivity contribution in [2.24, 2.45) is 0 Å². The molecule has 0 saturated carbocycles. The van der Waals surface area contributed by atoms with Gasteiger partial charge in [0.25, 0.3) is 5.91 Å². The van der Waals surface area contributed by atoms with E-state index in [9.17, 15) is 14.7 Å². The van der Waals surface area contributed by atoms with E-state index < -0.39 is 18.1 Å². The van der Waals surface area contributed by atoms with Gasteiger partial charge in [-0.15, -0.1) is 19.5 Å². The quantitative estimate of drug-likeness (QED) is 0.404. The molecule has 182 valence electrons. The number of carbonyl (C=O) groups excluding carboxylic acids is 1. The topological polar surface area (TPSA) is 85.3 Å². The first-order valence-electron chi connectivity index (χ1n) is 11.0. The van der Waals surface area contributed by atoms with Gasteiger partial charge in [0.1, 0.15) is 12.6 Å². The summed E-state index contributed by atoms with van der Waals surface area (Å²) in [5, 5.41) is 12.5. The minimum atomic E-state index is -1.08. The molecule has 1 aliphatic heterocycles. The molecule has 2 atom stereocenters. The third-order valence-corrected chi connectivity index (χ3v) is 7.12. The first-order valence-corrected chi connectivity index (χ1v) is 13.2. The van der Waals surface area contributed by atoms with E-state index in [2.05, 4.69) is 6.30 Å². The Morgan fingerprint density at radius 1 is 1.20 bits per heavy atom. The number of thiophene rings is 1. The average molecular weight is 512 g/mol. The van der Waals surface area contributed by atoms with Crippen LogP contribution in [0.15, 0.2) is 60.0 Å². The van der Waals surface area contributed by atoms with Crippen molar-refractivity contribution in [3.8, 4) is 16.6 Å². The fourth-order valence-corrected chi connectivity index (χ4v) is 5.14. The van der Waals surface area contributed by atoms with Crippen LogP contribution < -0.4 is 14.2 Å². The van der Waals surface area contributed by atoms with Crippen molar-refractivity contribution in [3.63, 3.8) is 0 Å². The average Bonchev–Trinajstić information content (AvgIpc) is 3.39. The lowest BCUT2D eigenvalue weighted by Crippen LogP contribution is -2.53. The highest BCUT2D eigenvalue weighted by Gasteiger charge is 2.39. The molecule has 0 unspecified atom stereocenters. The van der Waals surface area contributed by atoms with Crippen LogP contribution >= 0.6 is 19.5 Å². The molecule has 1 aliphatic rings. The van der Waals surface area contributed by atoms with Crippen LogP contribution in [-0.4, -0.2) is 53.6 Å². The van der Waals surface area contributed by atoms with Gasteiger partial charge in [0.2, 0.25) is 0 Å². The van der Waals surface area contributed by atoms with E-state index in [-0.39, 0.29) is 18.9 Å². The number of amides is 1. The van der Waals surface area contributed by atoms with Crippen LogP contribution in [0.3, 0.4) is 0 Å². The molecule has 3 aromatic rings. The third-order valence-electron chi connectivity index (χ3n) is 5.77. The molecular formula is C26H26NO6PS. The van der Waals surface area contributed by atoms with Crippen LogP contribution in [0.2, 0.25) is 0 Å². The second kappa shape index (κ2) is 11.4. The normalized spacial score (nSPS) is 15.8. The highest BCUT2D eigenvalue weighted by Crippen LogP contribution is 2.39. The molecule has 7 nitrogen and oxygen atoms in total. The summed E-state index contributed by atoms with van der Waals surface area (Å²) in [6.07, 6.45) is 3.47. The zero-order valence-corrected chi connectivity index (χ0v) is 21.0. The molecule has 2 aromatic carbocycles. The molecule has 0 spiro atoms. The van der Waals surface area contributed by atoms with E-state index in [0.717, 1.165) is 24.9 Å². The summed E-state index contributed by atoms with van der Waals surface area (Å²) in [6, 6.07) is 15.9. The molecule has 1 N–H and O–H groups in total. The van der Waals surface area contributed by atoms with E-state index in [1.54, 1.807) is 19.2 Å². The Bertz CT molecular complexity index is 1180. The highest BCUT2D eigenvalue weighted by atomic mass is 32.1. The zero-order chi connectivity index (χ0) is 24.8. The Morgan fingerprint density at radius 3 is 2.66 bits per heavy atom.